The van der Waals surface area contributed by atoms with Gasteiger partial charge in [0.05, 0.1) is 7.11 Å². The molecule has 9 nitrogen and oxygen atoms in total. The van der Waals surface area contributed by atoms with Gasteiger partial charge in [-0.05, 0) is 29.8 Å². The van der Waals surface area contributed by atoms with Crippen LogP contribution in [0, 0.1) is 0 Å². The zero-order valence-electron chi connectivity index (χ0n) is 18.0. The highest BCUT2D eigenvalue weighted by atomic mass is 16.5. The number of carbonyl (C=O) groups is 1. The van der Waals surface area contributed by atoms with Crippen LogP contribution in [0.25, 0.3) is 44.2 Å². The third-order valence-electron chi connectivity index (χ3n) is 5.50. The van der Waals surface area contributed by atoms with Gasteiger partial charge < -0.3 is 24.6 Å². The second kappa shape index (κ2) is 7.79. The molecule has 0 aliphatic carbocycles. The SMILES string of the molecule is C=CC(=O)Nc1cc(-c2cnc3[nH]cc(-c4cn(C)c(=O)c5[nH]ccc45)c3c2)cc(OC)n1. The van der Waals surface area contributed by atoms with Gasteiger partial charge in [0.2, 0.25) is 11.8 Å². The fourth-order valence-electron chi connectivity index (χ4n) is 3.89. The highest BCUT2D eigenvalue weighted by Crippen LogP contribution is 2.35. The number of nitrogens with one attached hydrogen (secondary N) is 3. The second-order valence-corrected chi connectivity index (χ2v) is 7.52. The van der Waals surface area contributed by atoms with E-state index in [0.29, 0.717) is 22.9 Å². The molecule has 0 saturated carbocycles. The quantitative estimate of drug-likeness (QED) is 0.361. The molecular formula is C24H20N6O3. The van der Waals surface area contributed by atoms with Gasteiger partial charge in [-0.15, -0.1) is 0 Å². The van der Waals surface area contributed by atoms with Crippen LogP contribution in [0.2, 0.25) is 0 Å². The normalized spacial score (nSPS) is 11.1. The number of carbonyl (C=O) groups excluding carboxylic acids is 1. The third-order valence-corrected chi connectivity index (χ3v) is 5.50. The van der Waals surface area contributed by atoms with Gasteiger partial charge in [-0.2, -0.15) is 4.98 Å². The van der Waals surface area contributed by atoms with Crippen LogP contribution in [0.15, 0.2) is 66.5 Å². The Morgan fingerprint density at radius 3 is 2.82 bits per heavy atom. The zero-order chi connectivity index (χ0) is 23.1. The topological polar surface area (TPSA) is 118 Å². The lowest BCUT2D eigenvalue weighted by Crippen LogP contribution is -2.16. The van der Waals surface area contributed by atoms with Gasteiger partial charge in [-0.25, -0.2) is 4.98 Å². The van der Waals surface area contributed by atoms with Crippen molar-refractivity contribution in [3.05, 3.63) is 72.1 Å². The molecule has 0 aliphatic rings. The number of aryl methyl sites for hydroxylation is 1. The van der Waals surface area contributed by atoms with Crippen LogP contribution in [0.4, 0.5) is 5.82 Å². The summed E-state index contributed by atoms with van der Waals surface area (Å²) >= 11 is 0. The highest BCUT2D eigenvalue weighted by molar-refractivity contribution is 6.04. The van der Waals surface area contributed by atoms with Crippen molar-refractivity contribution in [2.45, 2.75) is 0 Å². The first-order valence-corrected chi connectivity index (χ1v) is 10.1. The Labute approximate surface area is 187 Å². The lowest BCUT2D eigenvalue weighted by atomic mass is 10.0. The number of nitrogens with zero attached hydrogens (tertiary/aromatic N) is 3. The summed E-state index contributed by atoms with van der Waals surface area (Å²) in [5.41, 5.74) is 4.59. The van der Waals surface area contributed by atoms with Crippen LogP contribution >= 0.6 is 0 Å². The molecule has 0 fully saturated rings. The van der Waals surface area contributed by atoms with Gasteiger partial charge >= 0.3 is 0 Å². The minimum Gasteiger partial charge on any atom is -0.481 e. The van der Waals surface area contributed by atoms with Gasteiger partial charge in [0, 0.05) is 65.4 Å². The van der Waals surface area contributed by atoms with Crippen LogP contribution in [-0.4, -0.2) is 37.5 Å². The van der Waals surface area contributed by atoms with E-state index in [4.69, 9.17) is 4.74 Å². The van der Waals surface area contributed by atoms with E-state index in [2.05, 4.69) is 31.8 Å². The van der Waals surface area contributed by atoms with E-state index >= 15 is 0 Å². The molecular weight excluding hydrogens is 420 g/mol. The average molecular weight is 440 g/mol. The van der Waals surface area contributed by atoms with E-state index < -0.39 is 0 Å². The minimum atomic E-state index is -0.367. The van der Waals surface area contributed by atoms with Crippen LogP contribution in [0.1, 0.15) is 0 Å². The Hall–Kier alpha value is -4.66. The molecule has 0 atom stereocenters. The van der Waals surface area contributed by atoms with Crippen molar-refractivity contribution in [3.8, 4) is 28.1 Å². The number of H-pyrrole nitrogens is 2. The molecule has 9 heteroatoms. The number of ether oxygens (including phenoxy) is 1. The Morgan fingerprint density at radius 1 is 1.18 bits per heavy atom. The lowest BCUT2D eigenvalue weighted by Gasteiger charge is -2.09. The molecule has 0 saturated heterocycles. The van der Waals surface area contributed by atoms with Crippen molar-refractivity contribution in [2.24, 2.45) is 7.05 Å². The maximum Gasteiger partial charge on any atom is 0.274 e. The van der Waals surface area contributed by atoms with Crippen molar-refractivity contribution in [2.75, 3.05) is 12.4 Å². The first-order valence-electron chi connectivity index (χ1n) is 10.1. The molecule has 0 aliphatic heterocycles. The van der Waals surface area contributed by atoms with E-state index in [-0.39, 0.29) is 11.5 Å². The Bertz CT molecular complexity index is 1610. The Morgan fingerprint density at radius 2 is 2.03 bits per heavy atom. The first-order chi connectivity index (χ1) is 16.0. The number of aromatic amines is 2. The number of pyridine rings is 3. The summed E-state index contributed by atoms with van der Waals surface area (Å²) in [5.74, 6) is 0.331. The number of fused-ring (bicyclic) bond motifs is 2. The van der Waals surface area contributed by atoms with Crippen LogP contribution < -0.4 is 15.6 Å². The van der Waals surface area contributed by atoms with E-state index in [0.717, 1.165) is 33.0 Å². The summed E-state index contributed by atoms with van der Waals surface area (Å²) in [6.07, 6.45) is 8.39. The second-order valence-electron chi connectivity index (χ2n) is 7.52. The molecule has 0 aromatic carbocycles. The summed E-state index contributed by atoms with van der Waals surface area (Å²) in [6.45, 7) is 3.47. The van der Waals surface area contributed by atoms with Gasteiger partial charge in [0.15, 0.2) is 0 Å². The van der Waals surface area contributed by atoms with Gasteiger partial charge in [-0.1, -0.05) is 6.58 Å². The number of rotatable bonds is 5. The van der Waals surface area contributed by atoms with Gasteiger partial charge in [-0.3, -0.25) is 9.59 Å². The van der Waals surface area contributed by atoms with E-state index in [1.54, 1.807) is 36.1 Å². The van der Waals surface area contributed by atoms with Crippen molar-refractivity contribution in [1.82, 2.24) is 24.5 Å². The summed E-state index contributed by atoms with van der Waals surface area (Å²) in [5, 5.41) is 4.39. The number of amides is 1. The van der Waals surface area contributed by atoms with E-state index in [1.165, 1.54) is 13.2 Å². The van der Waals surface area contributed by atoms with Gasteiger partial charge in [0.25, 0.3) is 5.56 Å². The maximum atomic E-state index is 12.5. The Kier molecular flexibility index (Phi) is 4.78. The smallest absolute Gasteiger partial charge is 0.274 e. The number of hydrogen-bond donors (Lipinski definition) is 3. The number of aromatic nitrogens is 5. The maximum absolute atomic E-state index is 12.5. The molecule has 5 aromatic rings. The van der Waals surface area contributed by atoms with E-state index in [1.807, 2.05) is 24.5 Å². The van der Waals surface area contributed by atoms with E-state index in [9.17, 15) is 9.59 Å². The molecule has 5 heterocycles. The van der Waals surface area contributed by atoms with Crippen LogP contribution in [0.3, 0.4) is 0 Å². The summed E-state index contributed by atoms with van der Waals surface area (Å²) < 4.78 is 6.87. The monoisotopic (exact) mass is 440 g/mol. The number of anilines is 1. The van der Waals surface area contributed by atoms with Crippen molar-refractivity contribution in [3.63, 3.8) is 0 Å². The third kappa shape index (κ3) is 3.45. The Balaban J connectivity index is 1.68. The molecule has 0 unspecified atom stereocenters. The largest absolute Gasteiger partial charge is 0.481 e. The summed E-state index contributed by atoms with van der Waals surface area (Å²) in [4.78, 5) is 39.3. The predicted octanol–water partition coefficient (Wildman–Crippen LogP) is 3.61. The first kappa shape index (κ1) is 20.3. The van der Waals surface area contributed by atoms with Crippen LogP contribution in [-0.2, 0) is 11.8 Å². The number of hydrogen-bond acceptors (Lipinski definition) is 5. The molecule has 0 spiro atoms. The average Bonchev–Trinajstić information content (AvgIpc) is 3.48. The minimum absolute atomic E-state index is 0.0876. The summed E-state index contributed by atoms with van der Waals surface area (Å²) in [7, 11) is 3.24. The molecule has 3 N–H and O–H groups in total. The van der Waals surface area contributed by atoms with Crippen LogP contribution in [0.5, 0.6) is 5.88 Å². The van der Waals surface area contributed by atoms with Crippen molar-refractivity contribution < 1.29 is 9.53 Å². The predicted molar refractivity (Wildman–Crippen MR) is 127 cm³/mol. The molecule has 1 amide bonds. The molecule has 164 valence electrons. The molecule has 33 heavy (non-hydrogen) atoms. The standard InChI is InChI=1S/C24H20N6O3/c1-4-20(31)28-19-8-13(9-21(29-19)33-3)14-7-16-17(11-27-23(16)26-10-14)18-12-30(2)24(32)22-15(18)5-6-25-22/h4-12,25H,1H2,2-3H3,(H,26,27)(H,28,29,31). The van der Waals surface area contributed by atoms with Crippen molar-refractivity contribution >= 4 is 33.7 Å². The molecule has 5 rings (SSSR count). The molecule has 5 aromatic heterocycles. The fraction of sp³-hybridized carbons (Fsp3) is 0.0833. The zero-order valence-corrected chi connectivity index (χ0v) is 18.0. The fourth-order valence-corrected chi connectivity index (χ4v) is 3.89. The highest BCUT2D eigenvalue weighted by Gasteiger charge is 2.15. The summed E-state index contributed by atoms with van der Waals surface area (Å²) in [6, 6.07) is 7.42. The number of methoxy groups -OCH3 is 1. The lowest BCUT2D eigenvalue weighted by molar-refractivity contribution is -0.111. The van der Waals surface area contributed by atoms with Crippen molar-refractivity contribution in [1.29, 1.82) is 0 Å². The molecule has 0 radical (unpaired) electrons. The van der Waals surface area contributed by atoms with Gasteiger partial charge in [0.1, 0.15) is 17.0 Å². The molecule has 0 bridgehead atoms.